The van der Waals surface area contributed by atoms with Gasteiger partial charge in [-0.15, -0.1) is 0 Å². The molecule has 4 rings (SSSR count). The van der Waals surface area contributed by atoms with E-state index < -0.39 is 0 Å². The standard InChI is InChI=1S/C23H24ClN3O/c1-16-5-2-3-7-19(16)23(28)26-18-10-13-27(14-11-18)15-20-21(24)9-8-17-6-4-12-25-22(17)20/h2-9,12,18H,10-11,13-15H2,1H3,(H,26,28). The van der Waals surface area contributed by atoms with Crippen molar-refractivity contribution in [2.45, 2.75) is 32.4 Å². The summed E-state index contributed by atoms with van der Waals surface area (Å²) in [5.74, 6) is 0.0258. The zero-order chi connectivity index (χ0) is 19.5. The van der Waals surface area contributed by atoms with Crippen molar-refractivity contribution in [2.75, 3.05) is 13.1 Å². The molecule has 1 aromatic heterocycles. The number of piperidine rings is 1. The van der Waals surface area contributed by atoms with Crippen LogP contribution in [0.1, 0.15) is 34.3 Å². The summed E-state index contributed by atoms with van der Waals surface area (Å²) in [7, 11) is 0. The van der Waals surface area contributed by atoms with Gasteiger partial charge in [0, 0.05) is 53.4 Å². The van der Waals surface area contributed by atoms with Gasteiger partial charge in [0.1, 0.15) is 0 Å². The molecule has 0 bridgehead atoms. The second kappa shape index (κ2) is 8.29. The van der Waals surface area contributed by atoms with E-state index in [1.807, 2.05) is 55.6 Å². The molecule has 2 aromatic carbocycles. The minimum absolute atomic E-state index is 0.0258. The van der Waals surface area contributed by atoms with Crippen LogP contribution in [0, 0.1) is 6.92 Å². The molecule has 1 fully saturated rings. The number of nitrogens with zero attached hydrogens (tertiary/aromatic N) is 2. The van der Waals surface area contributed by atoms with Crippen molar-refractivity contribution in [3.05, 3.63) is 76.4 Å². The molecule has 1 N–H and O–H groups in total. The first kappa shape index (κ1) is 18.9. The van der Waals surface area contributed by atoms with Gasteiger partial charge < -0.3 is 5.32 Å². The first-order valence-corrected chi connectivity index (χ1v) is 10.1. The molecule has 3 aromatic rings. The van der Waals surface area contributed by atoms with E-state index in [4.69, 9.17) is 11.6 Å². The molecule has 0 radical (unpaired) electrons. The molecule has 0 atom stereocenters. The number of rotatable bonds is 4. The van der Waals surface area contributed by atoms with Crippen LogP contribution in [-0.4, -0.2) is 34.9 Å². The molecule has 144 valence electrons. The molecule has 0 saturated carbocycles. The number of aromatic nitrogens is 1. The molecule has 1 amide bonds. The summed E-state index contributed by atoms with van der Waals surface area (Å²) in [6.45, 7) is 4.61. The summed E-state index contributed by atoms with van der Waals surface area (Å²) in [6, 6.07) is 15.9. The molecule has 1 aliphatic rings. The van der Waals surface area contributed by atoms with Gasteiger partial charge in [0.05, 0.1) is 5.52 Å². The maximum absolute atomic E-state index is 12.5. The molecule has 4 nitrogen and oxygen atoms in total. The van der Waals surface area contributed by atoms with Gasteiger partial charge >= 0.3 is 0 Å². The average molecular weight is 394 g/mol. The van der Waals surface area contributed by atoms with Gasteiger partial charge in [0.25, 0.3) is 5.91 Å². The van der Waals surface area contributed by atoms with Gasteiger partial charge in [-0.05, 0) is 43.5 Å². The minimum Gasteiger partial charge on any atom is -0.349 e. The normalized spacial score (nSPS) is 15.6. The third-order valence-corrected chi connectivity index (χ3v) is 5.87. The lowest BCUT2D eigenvalue weighted by Gasteiger charge is -2.32. The fourth-order valence-corrected chi connectivity index (χ4v) is 4.09. The van der Waals surface area contributed by atoms with E-state index >= 15 is 0 Å². The van der Waals surface area contributed by atoms with Crippen LogP contribution in [0.2, 0.25) is 5.02 Å². The van der Waals surface area contributed by atoms with Crippen molar-refractivity contribution in [2.24, 2.45) is 0 Å². The monoisotopic (exact) mass is 393 g/mol. The zero-order valence-corrected chi connectivity index (χ0v) is 16.7. The van der Waals surface area contributed by atoms with Crippen LogP contribution < -0.4 is 5.32 Å². The second-order valence-corrected chi connectivity index (χ2v) is 7.85. The Labute approximate surface area is 170 Å². The van der Waals surface area contributed by atoms with Crippen molar-refractivity contribution < 1.29 is 4.79 Å². The molecule has 1 saturated heterocycles. The van der Waals surface area contributed by atoms with Gasteiger partial charge in [0.2, 0.25) is 0 Å². The summed E-state index contributed by atoms with van der Waals surface area (Å²) in [6.07, 6.45) is 3.69. The van der Waals surface area contributed by atoms with Crippen molar-refractivity contribution in [3.8, 4) is 0 Å². The van der Waals surface area contributed by atoms with Crippen LogP contribution in [0.5, 0.6) is 0 Å². The quantitative estimate of drug-likeness (QED) is 0.705. The number of hydrogen-bond acceptors (Lipinski definition) is 3. The summed E-state index contributed by atoms with van der Waals surface area (Å²) in [4.78, 5) is 19.5. The maximum Gasteiger partial charge on any atom is 0.251 e. The topological polar surface area (TPSA) is 45.2 Å². The number of halogens is 1. The van der Waals surface area contributed by atoms with E-state index in [9.17, 15) is 4.79 Å². The Morgan fingerprint density at radius 1 is 1.14 bits per heavy atom. The third kappa shape index (κ3) is 4.03. The second-order valence-electron chi connectivity index (χ2n) is 7.44. The van der Waals surface area contributed by atoms with E-state index in [1.54, 1.807) is 0 Å². The number of aryl methyl sites for hydroxylation is 1. The number of carbonyl (C=O) groups is 1. The van der Waals surface area contributed by atoms with E-state index in [0.29, 0.717) is 0 Å². The van der Waals surface area contributed by atoms with Crippen molar-refractivity contribution >= 4 is 28.4 Å². The number of hydrogen-bond donors (Lipinski definition) is 1. The molecule has 1 aliphatic heterocycles. The van der Waals surface area contributed by atoms with Crippen LogP contribution in [0.3, 0.4) is 0 Å². The number of carbonyl (C=O) groups excluding carboxylic acids is 1. The molecule has 0 aliphatic carbocycles. The van der Waals surface area contributed by atoms with Gasteiger partial charge in [0.15, 0.2) is 0 Å². The average Bonchev–Trinajstić information content (AvgIpc) is 2.72. The van der Waals surface area contributed by atoms with Gasteiger partial charge in [-0.2, -0.15) is 0 Å². The van der Waals surface area contributed by atoms with Crippen LogP contribution in [0.15, 0.2) is 54.7 Å². The zero-order valence-electron chi connectivity index (χ0n) is 16.0. The summed E-state index contributed by atoms with van der Waals surface area (Å²) in [5, 5.41) is 5.08. The highest BCUT2D eigenvalue weighted by Gasteiger charge is 2.23. The fraction of sp³-hybridized carbons (Fsp3) is 0.304. The lowest BCUT2D eigenvalue weighted by atomic mass is 10.0. The predicted molar refractivity (Wildman–Crippen MR) is 114 cm³/mol. The first-order valence-electron chi connectivity index (χ1n) is 9.73. The van der Waals surface area contributed by atoms with Crippen molar-refractivity contribution in [1.29, 1.82) is 0 Å². The highest BCUT2D eigenvalue weighted by atomic mass is 35.5. The Kier molecular flexibility index (Phi) is 5.60. The van der Waals surface area contributed by atoms with Gasteiger partial charge in [-0.3, -0.25) is 14.7 Å². The Hall–Kier alpha value is -2.43. The summed E-state index contributed by atoms with van der Waals surface area (Å²) < 4.78 is 0. The summed E-state index contributed by atoms with van der Waals surface area (Å²) in [5.41, 5.74) is 3.83. The van der Waals surface area contributed by atoms with Gasteiger partial charge in [-0.1, -0.05) is 41.9 Å². The maximum atomic E-state index is 12.5. The van der Waals surface area contributed by atoms with Crippen molar-refractivity contribution in [3.63, 3.8) is 0 Å². The van der Waals surface area contributed by atoms with E-state index in [2.05, 4.69) is 21.3 Å². The molecule has 0 spiro atoms. The minimum atomic E-state index is 0.0258. The Bertz CT molecular complexity index is 996. The molecular weight excluding hydrogens is 370 g/mol. The number of pyridine rings is 1. The highest BCUT2D eigenvalue weighted by molar-refractivity contribution is 6.32. The Morgan fingerprint density at radius 3 is 2.71 bits per heavy atom. The SMILES string of the molecule is Cc1ccccc1C(=O)NC1CCN(Cc2c(Cl)ccc3cccnc23)CC1. The lowest BCUT2D eigenvalue weighted by Crippen LogP contribution is -2.44. The number of benzene rings is 2. The first-order chi connectivity index (χ1) is 13.6. The van der Waals surface area contributed by atoms with Crippen LogP contribution in [0.4, 0.5) is 0 Å². The Balaban J connectivity index is 1.38. The lowest BCUT2D eigenvalue weighted by molar-refractivity contribution is 0.0908. The highest BCUT2D eigenvalue weighted by Crippen LogP contribution is 2.27. The predicted octanol–water partition coefficient (Wildman–Crippen LogP) is 4.59. The van der Waals surface area contributed by atoms with Crippen LogP contribution in [-0.2, 0) is 6.54 Å². The molecule has 28 heavy (non-hydrogen) atoms. The van der Waals surface area contributed by atoms with Crippen molar-refractivity contribution in [1.82, 2.24) is 15.2 Å². The van der Waals surface area contributed by atoms with E-state index in [0.717, 1.165) is 65.1 Å². The molecule has 2 heterocycles. The largest absolute Gasteiger partial charge is 0.349 e. The van der Waals surface area contributed by atoms with E-state index in [1.165, 1.54) is 0 Å². The summed E-state index contributed by atoms with van der Waals surface area (Å²) >= 11 is 6.48. The smallest absolute Gasteiger partial charge is 0.251 e. The number of nitrogens with one attached hydrogen (secondary N) is 1. The molecule has 5 heteroatoms. The Morgan fingerprint density at radius 2 is 1.93 bits per heavy atom. The van der Waals surface area contributed by atoms with E-state index in [-0.39, 0.29) is 11.9 Å². The number of likely N-dealkylation sites (tertiary alicyclic amines) is 1. The molecular formula is C23H24ClN3O. The van der Waals surface area contributed by atoms with Gasteiger partial charge in [-0.25, -0.2) is 0 Å². The number of fused-ring (bicyclic) bond motifs is 1. The molecule has 0 unspecified atom stereocenters. The third-order valence-electron chi connectivity index (χ3n) is 5.52. The van der Waals surface area contributed by atoms with Crippen LogP contribution in [0.25, 0.3) is 10.9 Å². The fourth-order valence-electron chi connectivity index (χ4n) is 3.88. The van der Waals surface area contributed by atoms with Crippen LogP contribution >= 0.6 is 11.6 Å². The number of amides is 1.